The van der Waals surface area contributed by atoms with Crippen LogP contribution in [0.2, 0.25) is 0 Å². The second kappa shape index (κ2) is 8.85. The number of furan rings is 1. The fourth-order valence-corrected chi connectivity index (χ4v) is 5.94. The summed E-state index contributed by atoms with van der Waals surface area (Å²) in [7, 11) is 0. The number of rotatable bonds is 3. The Hall–Kier alpha value is -5.81. The van der Waals surface area contributed by atoms with Crippen LogP contribution in [0.25, 0.3) is 88.7 Å². The fourth-order valence-electron chi connectivity index (χ4n) is 5.94. The van der Waals surface area contributed by atoms with Crippen LogP contribution in [0.1, 0.15) is 0 Å². The molecule has 0 aliphatic heterocycles. The van der Waals surface area contributed by atoms with E-state index in [1.165, 1.54) is 10.8 Å². The summed E-state index contributed by atoms with van der Waals surface area (Å²) in [5, 5.41) is 6.93. The van der Waals surface area contributed by atoms with Gasteiger partial charge in [0.05, 0.1) is 5.52 Å². The lowest BCUT2D eigenvalue weighted by molar-refractivity contribution is 0.670. The molecule has 3 aromatic heterocycles. The smallest absolute Gasteiger partial charge is 0.164 e. The van der Waals surface area contributed by atoms with Crippen molar-refractivity contribution in [2.45, 2.75) is 0 Å². The number of aromatic amines is 1. The molecule has 0 atom stereocenters. The van der Waals surface area contributed by atoms with Crippen LogP contribution in [0.5, 0.6) is 0 Å². The Balaban J connectivity index is 1.22. The molecule has 196 valence electrons. The van der Waals surface area contributed by atoms with Gasteiger partial charge in [-0.05, 0) is 35.0 Å². The first kappa shape index (κ1) is 22.9. The van der Waals surface area contributed by atoms with Gasteiger partial charge in [0, 0.05) is 49.8 Å². The third-order valence-corrected chi connectivity index (χ3v) is 8.01. The molecule has 0 saturated carbocycles. The van der Waals surface area contributed by atoms with Crippen LogP contribution in [0.4, 0.5) is 0 Å². The van der Waals surface area contributed by atoms with Crippen LogP contribution >= 0.6 is 0 Å². The van der Waals surface area contributed by atoms with Crippen molar-refractivity contribution >= 4 is 54.5 Å². The summed E-state index contributed by atoms with van der Waals surface area (Å²) >= 11 is 0. The van der Waals surface area contributed by atoms with Gasteiger partial charge in [-0.3, -0.25) is 0 Å². The normalized spacial score (nSPS) is 11.8. The molecule has 5 heteroatoms. The van der Waals surface area contributed by atoms with Crippen molar-refractivity contribution < 1.29 is 4.42 Å². The van der Waals surface area contributed by atoms with Gasteiger partial charge in [0.15, 0.2) is 17.5 Å². The number of hydrogen-bond acceptors (Lipinski definition) is 4. The Morgan fingerprint density at radius 3 is 1.64 bits per heavy atom. The van der Waals surface area contributed by atoms with Crippen molar-refractivity contribution in [3.8, 4) is 34.2 Å². The van der Waals surface area contributed by atoms with E-state index in [9.17, 15) is 0 Å². The van der Waals surface area contributed by atoms with Gasteiger partial charge >= 0.3 is 0 Å². The molecule has 0 radical (unpaired) electrons. The number of nitrogens with zero attached hydrogens (tertiary/aromatic N) is 3. The van der Waals surface area contributed by atoms with E-state index in [0.29, 0.717) is 17.5 Å². The summed E-state index contributed by atoms with van der Waals surface area (Å²) in [4.78, 5) is 18.3. The molecule has 9 rings (SSSR count). The van der Waals surface area contributed by atoms with E-state index < -0.39 is 0 Å². The summed E-state index contributed by atoms with van der Waals surface area (Å²) < 4.78 is 6.32. The molecule has 9 aromatic rings. The Morgan fingerprint density at radius 1 is 0.405 bits per heavy atom. The minimum absolute atomic E-state index is 0.634. The molecule has 0 spiro atoms. The van der Waals surface area contributed by atoms with Gasteiger partial charge in [-0.25, -0.2) is 15.0 Å². The summed E-state index contributed by atoms with van der Waals surface area (Å²) in [6, 6.07) is 43.6. The van der Waals surface area contributed by atoms with Crippen molar-refractivity contribution in [2.75, 3.05) is 0 Å². The maximum atomic E-state index is 6.32. The number of fused-ring (bicyclic) bond motifs is 7. The van der Waals surface area contributed by atoms with Crippen molar-refractivity contribution in [3.05, 3.63) is 127 Å². The van der Waals surface area contributed by atoms with Gasteiger partial charge in [-0.15, -0.1) is 0 Å². The molecule has 0 amide bonds. The molecular weight excluding hydrogens is 516 g/mol. The van der Waals surface area contributed by atoms with E-state index in [-0.39, 0.29) is 0 Å². The standard InChI is InChI=1S/C37H22N4O/c1-3-9-22(10-4-1)35-39-36(23-11-5-2-6-12-23)41-37(40-35)26-15-16-27-28-20-30-29-17-24-13-7-8-14-25(24)19-33(29)42-34(30)21-32(28)38-31(27)18-26/h1-21,38H. The monoisotopic (exact) mass is 538 g/mol. The number of nitrogens with one attached hydrogen (secondary N) is 1. The average Bonchev–Trinajstić information content (AvgIpc) is 3.59. The molecule has 0 bridgehead atoms. The second-order valence-corrected chi connectivity index (χ2v) is 10.6. The van der Waals surface area contributed by atoms with Gasteiger partial charge in [0.1, 0.15) is 11.2 Å². The molecule has 6 aromatic carbocycles. The SMILES string of the molecule is c1ccc(-c2nc(-c3ccccc3)nc(-c3ccc4c(c3)[nH]c3cc5oc6cc7ccccc7cc6c5cc34)n2)cc1. The van der Waals surface area contributed by atoms with E-state index in [4.69, 9.17) is 19.4 Å². The molecule has 42 heavy (non-hydrogen) atoms. The number of benzene rings is 6. The van der Waals surface area contributed by atoms with E-state index in [1.54, 1.807) is 0 Å². The highest BCUT2D eigenvalue weighted by atomic mass is 16.3. The highest BCUT2D eigenvalue weighted by Gasteiger charge is 2.16. The third kappa shape index (κ3) is 3.61. The van der Waals surface area contributed by atoms with Gasteiger partial charge in [-0.2, -0.15) is 0 Å². The number of aromatic nitrogens is 4. The zero-order valence-electron chi connectivity index (χ0n) is 22.4. The van der Waals surface area contributed by atoms with Gasteiger partial charge in [0.2, 0.25) is 0 Å². The Morgan fingerprint density at radius 2 is 0.952 bits per heavy atom. The summed E-state index contributed by atoms with van der Waals surface area (Å²) in [5.41, 5.74) is 6.65. The van der Waals surface area contributed by atoms with Crippen molar-refractivity contribution in [2.24, 2.45) is 0 Å². The largest absolute Gasteiger partial charge is 0.456 e. The molecule has 5 nitrogen and oxygen atoms in total. The van der Waals surface area contributed by atoms with Crippen LogP contribution < -0.4 is 0 Å². The maximum absolute atomic E-state index is 6.32. The number of H-pyrrole nitrogens is 1. The van der Waals surface area contributed by atoms with E-state index >= 15 is 0 Å². The van der Waals surface area contributed by atoms with Crippen LogP contribution in [-0.2, 0) is 0 Å². The van der Waals surface area contributed by atoms with Crippen LogP contribution in [0, 0.1) is 0 Å². The Labute approximate surface area is 240 Å². The van der Waals surface area contributed by atoms with E-state index in [0.717, 1.165) is 60.4 Å². The van der Waals surface area contributed by atoms with Gasteiger partial charge < -0.3 is 9.40 Å². The topological polar surface area (TPSA) is 67.6 Å². The van der Waals surface area contributed by atoms with Crippen molar-refractivity contribution in [1.29, 1.82) is 0 Å². The first-order valence-electron chi connectivity index (χ1n) is 13.9. The first-order valence-corrected chi connectivity index (χ1v) is 13.9. The minimum atomic E-state index is 0.634. The zero-order chi connectivity index (χ0) is 27.6. The van der Waals surface area contributed by atoms with Crippen LogP contribution in [0.15, 0.2) is 132 Å². The number of hydrogen-bond donors (Lipinski definition) is 1. The van der Waals surface area contributed by atoms with E-state index in [2.05, 4.69) is 71.7 Å². The third-order valence-electron chi connectivity index (χ3n) is 8.01. The summed E-state index contributed by atoms with van der Waals surface area (Å²) in [6.07, 6.45) is 0. The molecule has 0 fully saturated rings. The quantitative estimate of drug-likeness (QED) is 0.243. The van der Waals surface area contributed by atoms with E-state index in [1.807, 2.05) is 60.7 Å². The lowest BCUT2D eigenvalue weighted by Crippen LogP contribution is -2.00. The Kier molecular flexibility index (Phi) is 4.83. The molecule has 3 heterocycles. The van der Waals surface area contributed by atoms with Crippen LogP contribution in [-0.4, -0.2) is 19.9 Å². The second-order valence-electron chi connectivity index (χ2n) is 10.6. The predicted molar refractivity (Wildman–Crippen MR) is 170 cm³/mol. The molecule has 0 aliphatic rings. The first-order chi connectivity index (χ1) is 20.8. The van der Waals surface area contributed by atoms with Crippen LogP contribution in [0.3, 0.4) is 0 Å². The molecule has 0 unspecified atom stereocenters. The highest BCUT2D eigenvalue weighted by Crippen LogP contribution is 2.37. The van der Waals surface area contributed by atoms with Gasteiger partial charge in [-0.1, -0.05) is 97.1 Å². The average molecular weight is 539 g/mol. The molecular formula is C37H22N4O. The predicted octanol–water partition coefficient (Wildman–Crippen LogP) is 9.56. The minimum Gasteiger partial charge on any atom is -0.456 e. The highest BCUT2D eigenvalue weighted by molar-refractivity contribution is 6.18. The van der Waals surface area contributed by atoms with Crippen molar-refractivity contribution in [1.82, 2.24) is 19.9 Å². The van der Waals surface area contributed by atoms with Gasteiger partial charge in [0.25, 0.3) is 0 Å². The summed E-state index contributed by atoms with van der Waals surface area (Å²) in [5.74, 6) is 1.93. The maximum Gasteiger partial charge on any atom is 0.164 e. The lowest BCUT2D eigenvalue weighted by atomic mass is 10.0. The zero-order valence-corrected chi connectivity index (χ0v) is 22.4. The summed E-state index contributed by atoms with van der Waals surface area (Å²) in [6.45, 7) is 0. The molecule has 0 aliphatic carbocycles. The molecule has 0 saturated heterocycles. The lowest BCUT2D eigenvalue weighted by Gasteiger charge is -2.08. The van der Waals surface area contributed by atoms with Crippen molar-refractivity contribution in [3.63, 3.8) is 0 Å². The fraction of sp³-hybridized carbons (Fsp3) is 0. The molecule has 1 N–H and O–H groups in total. The Bertz CT molecular complexity index is 2400.